The fourth-order valence-electron chi connectivity index (χ4n) is 2.93. The van der Waals surface area contributed by atoms with Crippen molar-refractivity contribution in [1.29, 1.82) is 0 Å². The van der Waals surface area contributed by atoms with Crippen LogP contribution in [0, 0.1) is 5.92 Å². The molecule has 1 saturated carbocycles. The summed E-state index contributed by atoms with van der Waals surface area (Å²) in [6, 6.07) is 0. The number of hydrogen-bond donors (Lipinski definition) is 0. The van der Waals surface area contributed by atoms with Crippen molar-refractivity contribution in [2.45, 2.75) is 78.6 Å². The maximum atomic E-state index is 12.5. The van der Waals surface area contributed by atoms with Crippen LogP contribution in [0.5, 0.6) is 0 Å². The molecule has 0 atom stereocenters. The zero-order valence-corrected chi connectivity index (χ0v) is 15.0. The Morgan fingerprint density at radius 2 is 1.39 bits per heavy atom. The number of rotatable bonds is 9. The smallest absolute Gasteiger partial charge is 0.334 e. The van der Waals surface area contributed by atoms with Crippen LogP contribution in [-0.4, -0.2) is 25.2 Å². The molecule has 1 aliphatic rings. The van der Waals surface area contributed by atoms with Gasteiger partial charge < -0.3 is 9.47 Å². The number of ether oxygens (including phenoxy) is 2. The molecule has 4 nitrogen and oxygen atoms in total. The molecule has 0 N–H and O–H groups in total. The van der Waals surface area contributed by atoms with E-state index in [0.717, 1.165) is 51.4 Å². The Labute approximate surface area is 140 Å². The highest BCUT2D eigenvalue weighted by Gasteiger charge is 2.29. The normalized spacial score (nSPS) is 16.7. The molecule has 0 aromatic heterocycles. The quantitative estimate of drug-likeness (QED) is 0.354. The molecule has 1 fully saturated rings. The number of esters is 2. The molecule has 0 aromatic carbocycles. The number of unbranched alkanes of at least 4 members (excludes halogenated alkanes) is 2. The lowest BCUT2D eigenvalue weighted by Gasteiger charge is -2.25. The first-order chi connectivity index (χ1) is 11.1. The zero-order valence-electron chi connectivity index (χ0n) is 15.0. The summed E-state index contributed by atoms with van der Waals surface area (Å²) in [4.78, 5) is 24.8. The van der Waals surface area contributed by atoms with Crippen molar-refractivity contribution in [3.05, 3.63) is 11.1 Å². The first-order valence-electron chi connectivity index (χ1n) is 9.16. The van der Waals surface area contributed by atoms with Crippen LogP contribution in [0.15, 0.2) is 11.1 Å². The second-order valence-electron chi connectivity index (χ2n) is 6.35. The highest BCUT2D eigenvalue weighted by atomic mass is 16.5. The Bertz CT molecular complexity index is 406. The third-order valence-electron chi connectivity index (χ3n) is 4.41. The summed E-state index contributed by atoms with van der Waals surface area (Å²) >= 11 is 0. The maximum absolute atomic E-state index is 12.5. The molecule has 0 saturated heterocycles. The van der Waals surface area contributed by atoms with Crippen LogP contribution in [-0.2, 0) is 19.1 Å². The van der Waals surface area contributed by atoms with Crippen molar-refractivity contribution in [2.24, 2.45) is 5.92 Å². The second-order valence-corrected chi connectivity index (χ2v) is 6.35. The fraction of sp³-hybridized carbons (Fsp3) is 0.789. The largest absolute Gasteiger partial charge is 0.462 e. The highest BCUT2D eigenvalue weighted by molar-refractivity contribution is 6.00. The summed E-state index contributed by atoms with van der Waals surface area (Å²) in [7, 11) is 0. The summed E-state index contributed by atoms with van der Waals surface area (Å²) in [5, 5.41) is 0. The van der Waals surface area contributed by atoms with Gasteiger partial charge in [-0.05, 0) is 38.5 Å². The Hall–Kier alpha value is -1.32. The summed E-state index contributed by atoms with van der Waals surface area (Å²) in [5.41, 5.74) is 0.997. The molecule has 4 heteroatoms. The monoisotopic (exact) mass is 324 g/mol. The molecule has 0 heterocycles. The van der Waals surface area contributed by atoms with Crippen molar-refractivity contribution < 1.29 is 19.1 Å². The van der Waals surface area contributed by atoms with E-state index < -0.39 is 0 Å². The summed E-state index contributed by atoms with van der Waals surface area (Å²) in [5.74, 6) is -0.557. The van der Waals surface area contributed by atoms with Gasteiger partial charge >= 0.3 is 11.9 Å². The van der Waals surface area contributed by atoms with Gasteiger partial charge in [0.15, 0.2) is 0 Å². The van der Waals surface area contributed by atoms with E-state index in [0.29, 0.717) is 24.4 Å². The molecule has 0 bridgehead atoms. The van der Waals surface area contributed by atoms with Gasteiger partial charge in [0.1, 0.15) is 0 Å². The summed E-state index contributed by atoms with van der Waals surface area (Å²) < 4.78 is 10.7. The van der Waals surface area contributed by atoms with Gasteiger partial charge in [0, 0.05) is 5.57 Å². The molecule has 0 unspecified atom stereocenters. The van der Waals surface area contributed by atoms with E-state index >= 15 is 0 Å². The van der Waals surface area contributed by atoms with Crippen LogP contribution in [0.2, 0.25) is 0 Å². The number of carbonyl (C=O) groups is 2. The molecule has 132 valence electrons. The van der Waals surface area contributed by atoms with E-state index in [1.54, 1.807) is 6.92 Å². The lowest BCUT2D eigenvalue weighted by molar-refractivity contribution is -0.143. The molecule has 0 radical (unpaired) electrons. The standard InChI is InChI=1S/C19H32O4/c1-4-6-13-22-18(20)15(3)17(16-11-9-8-10-12-16)19(21)23-14-7-5-2/h16H,4-14H2,1-3H3. The molecule has 0 spiro atoms. The number of hydrogen-bond acceptors (Lipinski definition) is 4. The molecule has 23 heavy (non-hydrogen) atoms. The minimum atomic E-state index is -0.369. The molecular formula is C19H32O4. The Balaban J connectivity index is 2.84. The van der Waals surface area contributed by atoms with E-state index in [1.165, 1.54) is 6.42 Å². The predicted molar refractivity (Wildman–Crippen MR) is 91.0 cm³/mol. The Morgan fingerprint density at radius 1 is 0.870 bits per heavy atom. The lowest BCUT2D eigenvalue weighted by Crippen LogP contribution is -2.23. The van der Waals surface area contributed by atoms with Crippen molar-refractivity contribution in [3.8, 4) is 0 Å². The van der Waals surface area contributed by atoms with Crippen LogP contribution in [0.4, 0.5) is 0 Å². The van der Waals surface area contributed by atoms with Crippen LogP contribution in [0.3, 0.4) is 0 Å². The van der Waals surface area contributed by atoms with E-state index in [-0.39, 0.29) is 17.9 Å². The van der Waals surface area contributed by atoms with Crippen LogP contribution < -0.4 is 0 Å². The van der Waals surface area contributed by atoms with E-state index in [4.69, 9.17) is 9.47 Å². The number of carbonyl (C=O) groups excluding carboxylic acids is 2. The SMILES string of the molecule is CCCCOC(=O)C(C)=C(C(=O)OCCCC)C1CCCCC1. The minimum absolute atomic E-state index is 0.136. The van der Waals surface area contributed by atoms with E-state index in [1.807, 2.05) is 0 Å². The zero-order chi connectivity index (χ0) is 17.1. The third-order valence-corrected chi connectivity index (χ3v) is 4.41. The van der Waals surface area contributed by atoms with Crippen molar-refractivity contribution >= 4 is 11.9 Å². The van der Waals surface area contributed by atoms with Crippen LogP contribution >= 0.6 is 0 Å². The molecule has 0 aromatic rings. The molecular weight excluding hydrogens is 292 g/mol. The van der Waals surface area contributed by atoms with E-state index in [9.17, 15) is 9.59 Å². The molecule has 0 aliphatic heterocycles. The van der Waals surface area contributed by atoms with Gasteiger partial charge in [-0.3, -0.25) is 0 Å². The van der Waals surface area contributed by atoms with Crippen LogP contribution in [0.25, 0.3) is 0 Å². The van der Waals surface area contributed by atoms with Crippen molar-refractivity contribution in [2.75, 3.05) is 13.2 Å². The minimum Gasteiger partial charge on any atom is -0.462 e. The van der Waals surface area contributed by atoms with Gasteiger partial charge in [0.05, 0.1) is 18.8 Å². The van der Waals surface area contributed by atoms with Gasteiger partial charge in [-0.15, -0.1) is 0 Å². The fourth-order valence-corrected chi connectivity index (χ4v) is 2.93. The lowest BCUT2D eigenvalue weighted by atomic mass is 9.82. The summed E-state index contributed by atoms with van der Waals surface area (Å²) in [6.45, 7) is 6.65. The first kappa shape index (κ1) is 19.7. The Morgan fingerprint density at radius 3 is 1.91 bits per heavy atom. The molecule has 1 rings (SSSR count). The van der Waals surface area contributed by atoms with Gasteiger partial charge in [0.2, 0.25) is 0 Å². The maximum Gasteiger partial charge on any atom is 0.334 e. The second kappa shape index (κ2) is 11.3. The van der Waals surface area contributed by atoms with Gasteiger partial charge in [0.25, 0.3) is 0 Å². The third kappa shape index (κ3) is 6.76. The summed E-state index contributed by atoms with van der Waals surface area (Å²) in [6.07, 6.45) is 8.98. The van der Waals surface area contributed by atoms with Crippen LogP contribution in [0.1, 0.15) is 78.6 Å². The van der Waals surface area contributed by atoms with Crippen molar-refractivity contribution in [3.63, 3.8) is 0 Å². The average Bonchev–Trinajstić information content (AvgIpc) is 2.56. The average molecular weight is 324 g/mol. The topological polar surface area (TPSA) is 52.6 Å². The van der Waals surface area contributed by atoms with Crippen molar-refractivity contribution in [1.82, 2.24) is 0 Å². The highest BCUT2D eigenvalue weighted by Crippen LogP contribution is 2.32. The molecule has 1 aliphatic carbocycles. The van der Waals surface area contributed by atoms with E-state index in [2.05, 4.69) is 13.8 Å². The van der Waals surface area contributed by atoms with Gasteiger partial charge in [-0.2, -0.15) is 0 Å². The Kier molecular flexibility index (Phi) is 9.65. The van der Waals surface area contributed by atoms with Gasteiger partial charge in [-0.25, -0.2) is 9.59 Å². The van der Waals surface area contributed by atoms with Gasteiger partial charge in [-0.1, -0.05) is 46.0 Å². The predicted octanol–water partition coefficient (Wildman–Crippen LogP) is 4.57. The molecule has 0 amide bonds. The first-order valence-corrected chi connectivity index (χ1v) is 9.16.